The molecule has 3 rings (SSSR count). The maximum Gasteiger partial charge on any atom is 0.262 e. The number of likely N-dealkylation sites (tertiary alicyclic amines) is 1. The molecule has 1 aliphatic rings. The molecule has 2 aromatic carbocycles. The van der Waals surface area contributed by atoms with Crippen molar-refractivity contribution in [3.05, 3.63) is 58.1 Å². The van der Waals surface area contributed by atoms with Gasteiger partial charge in [-0.3, -0.25) is 9.59 Å². The molecule has 2 amide bonds. The zero-order chi connectivity index (χ0) is 18.5. The third kappa shape index (κ3) is 4.43. The summed E-state index contributed by atoms with van der Waals surface area (Å²) in [4.78, 5) is 26.8. The Morgan fingerprint density at radius 2 is 1.88 bits per heavy atom. The highest BCUT2D eigenvalue weighted by atomic mass is 79.9. The molecule has 1 fully saturated rings. The van der Waals surface area contributed by atoms with Crippen molar-refractivity contribution in [2.45, 2.75) is 19.8 Å². The highest BCUT2D eigenvalue weighted by Crippen LogP contribution is 2.23. The van der Waals surface area contributed by atoms with Crippen LogP contribution in [-0.2, 0) is 4.79 Å². The van der Waals surface area contributed by atoms with Crippen LogP contribution in [0.1, 0.15) is 28.8 Å². The molecule has 2 aromatic rings. The van der Waals surface area contributed by atoms with Crippen LogP contribution in [0.5, 0.6) is 5.75 Å². The van der Waals surface area contributed by atoms with Crippen LogP contribution in [0.2, 0.25) is 0 Å². The predicted octanol–water partition coefficient (Wildman–Crippen LogP) is 4.01. The van der Waals surface area contributed by atoms with E-state index in [2.05, 4.69) is 21.2 Å². The number of halogens is 1. The number of anilines is 1. The van der Waals surface area contributed by atoms with E-state index in [-0.39, 0.29) is 18.4 Å². The van der Waals surface area contributed by atoms with Gasteiger partial charge in [-0.2, -0.15) is 0 Å². The molecule has 1 N–H and O–H groups in total. The maximum absolute atomic E-state index is 12.6. The molecule has 136 valence electrons. The van der Waals surface area contributed by atoms with E-state index in [1.807, 2.05) is 30.0 Å². The Labute approximate surface area is 161 Å². The minimum absolute atomic E-state index is 0.0388. The predicted molar refractivity (Wildman–Crippen MR) is 105 cm³/mol. The van der Waals surface area contributed by atoms with E-state index in [0.29, 0.717) is 17.0 Å². The monoisotopic (exact) mass is 416 g/mol. The zero-order valence-corrected chi connectivity index (χ0v) is 16.2. The summed E-state index contributed by atoms with van der Waals surface area (Å²) in [5, 5.41) is 2.80. The van der Waals surface area contributed by atoms with Crippen molar-refractivity contribution in [3.8, 4) is 5.75 Å². The molecular formula is C20H21BrN2O3. The van der Waals surface area contributed by atoms with Gasteiger partial charge >= 0.3 is 0 Å². The van der Waals surface area contributed by atoms with Crippen LogP contribution in [0.4, 0.5) is 5.69 Å². The third-order valence-corrected chi connectivity index (χ3v) is 4.81. The summed E-state index contributed by atoms with van der Waals surface area (Å²) in [6.45, 7) is 3.34. The first kappa shape index (κ1) is 18.5. The van der Waals surface area contributed by atoms with Crippen molar-refractivity contribution in [1.29, 1.82) is 0 Å². The number of amides is 2. The molecular weight excluding hydrogens is 396 g/mol. The number of ether oxygens (including phenoxy) is 1. The maximum atomic E-state index is 12.6. The molecule has 0 saturated carbocycles. The molecule has 0 unspecified atom stereocenters. The Bertz CT molecular complexity index is 816. The Morgan fingerprint density at radius 3 is 2.62 bits per heavy atom. The molecule has 0 radical (unpaired) electrons. The van der Waals surface area contributed by atoms with Gasteiger partial charge in [0.2, 0.25) is 0 Å². The fraction of sp³-hybridized carbons (Fsp3) is 0.300. The van der Waals surface area contributed by atoms with Crippen molar-refractivity contribution >= 4 is 33.4 Å². The summed E-state index contributed by atoms with van der Waals surface area (Å²) < 4.78 is 6.56. The fourth-order valence-corrected chi connectivity index (χ4v) is 3.45. The Balaban J connectivity index is 1.65. The molecule has 0 aliphatic carbocycles. The van der Waals surface area contributed by atoms with Gasteiger partial charge in [0.25, 0.3) is 11.8 Å². The standard InChI is InChI=1S/C20H21BrN2O3/c1-14-12-15(21)8-9-18(14)26-13-19(24)22-17-7-3-2-6-16(17)20(25)23-10-4-5-11-23/h2-3,6-9,12H,4-5,10-11,13H2,1H3,(H,22,24). The summed E-state index contributed by atoms with van der Waals surface area (Å²) >= 11 is 3.40. The average Bonchev–Trinajstić information content (AvgIpc) is 3.15. The molecule has 0 aromatic heterocycles. The normalized spacial score (nSPS) is 13.5. The summed E-state index contributed by atoms with van der Waals surface area (Å²) in [6.07, 6.45) is 2.06. The Hall–Kier alpha value is -2.34. The second kappa shape index (κ2) is 8.36. The van der Waals surface area contributed by atoms with E-state index in [0.717, 1.165) is 36.0 Å². The highest BCUT2D eigenvalue weighted by molar-refractivity contribution is 9.10. The van der Waals surface area contributed by atoms with Gasteiger partial charge in [0.1, 0.15) is 5.75 Å². The molecule has 6 heteroatoms. The lowest BCUT2D eigenvalue weighted by atomic mass is 10.1. The molecule has 1 saturated heterocycles. The number of carbonyl (C=O) groups is 2. The summed E-state index contributed by atoms with van der Waals surface area (Å²) in [6, 6.07) is 12.7. The summed E-state index contributed by atoms with van der Waals surface area (Å²) in [7, 11) is 0. The quantitative estimate of drug-likeness (QED) is 0.800. The first-order valence-corrected chi connectivity index (χ1v) is 9.41. The van der Waals surface area contributed by atoms with E-state index in [1.165, 1.54) is 0 Å². The van der Waals surface area contributed by atoms with E-state index in [9.17, 15) is 9.59 Å². The van der Waals surface area contributed by atoms with Gasteiger partial charge in [0.15, 0.2) is 6.61 Å². The third-order valence-electron chi connectivity index (χ3n) is 4.32. The number of benzene rings is 2. The Morgan fingerprint density at radius 1 is 1.15 bits per heavy atom. The average molecular weight is 417 g/mol. The van der Waals surface area contributed by atoms with Gasteiger partial charge in [-0.15, -0.1) is 0 Å². The van der Waals surface area contributed by atoms with Gasteiger partial charge in [0.05, 0.1) is 11.3 Å². The highest BCUT2D eigenvalue weighted by Gasteiger charge is 2.22. The van der Waals surface area contributed by atoms with Crippen molar-refractivity contribution in [1.82, 2.24) is 4.90 Å². The molecule has 0 spiro atoms. The van der Waals surface area contributed by atoms with Gasteiger partial charge in [-0.25, -0.2) is 0 Å². The minimum Gasteiger partial charge on any atom is -0.483 e. The smallest absolute Gasteiger partial charge is 0.262 e. The van der Waals surface area contributed by atoms with E-state index >= 15 is 0 Å². The lowest BCUT2D eigenvalue weighted by molar-refractivity contribution is -0.118. The van der Waals surface area contributed by atoms with Gasteiger partial charge < -0.3 is 15.0 Å². The number of aryl methyl sites for hydroxylation is 1. The second-order valence-corrected chi connectivity index (χ2v) is 7.21. The van der Waals surface area contributed by atoms with E-state index < -0.39 is 0 Å². The van der Waals surface area contributed by atoms with Crippen LogP contribution in [0.25, 0.3) is 0 Å². The van der Waals surface area contributed by atoms with E-state index in [4.69, 9.17) is 4.74 Å². The van der Waals surface area contributed by atoms with Crippen molar-refractivity contribution in [2.24, 2.45) is 0 Å². The number of hydrogen-bond acceptors (Lipinski definition) is 3. The van der Waals surface area contributed by atoms with Gasteiger partial charge in [-0.1, -0.05) is 28.1 Å². The van der Waals surface area contributed by atoms with Gasteiger partial charge in [0, 0.05) is 17.6 Å². The number of nitrogens with one attached hydrogen (secondary N) is 1. The SMILES string of the molecule is Cc1cc(Br)ccc1OCC(=O)Nc1ccccc1C(=O)N1CCCC1. The number of hydrogen-bond donors (Lipinski definition) is 1. The van der Waals surface area contributed by atoms with Crippen LogP contribution < -0.4 is 10.1 Å². The number of rotatable bonds is 5. The number of nitrogens with zero attached hydrogens (tertiary/aromatic N) is 1. The van der Waals surface area contributed by atoms with Crippen LogP contribution in [0.3, 0.4) is 0 Å². The molecule has 5 nitrogen and oxygen atoms in total. The first-order valence-electron chi connectivity index (χ1n) is 8.62. The number of carbonyl (C=O) groups excluding carboxylic acids is 2. The molecule has 0 bridgehead atoms. The van der Waals surface area contributed by atoms with Crippen molar-refractivity contribution < 1.29 is 14.3 Å². The summed E-state index contributed by atoms with van der Waals surface area (Å²) in [5.74, 6) is 0.321. The lowest BCUT2D eigenvalue weighted by Gasteiger charge is -2.18. The van der Waals surface area contributed by atoms with Crippen molar-refractivity contribution in [2.75, 3.05) is 25.0 Å². The molecule has 1 heterocycles. The van der Waals surface area contributed by atoms with Crippen LogP contribution in [0, 0.1) is 6.92 Å². The zero-order valence-electron chi connectivity index (χ0n) is 14.6. The lowest BCUT2D eigenvalue weighted by Crippen LogP contribution is -2.29. The number of para-hydroxylation sites is 1. The first-order chi connectivity index (χ1) is 12.5. The van der Waals surface area contributed by atoms with Crippen molar-refractivity contribution in [3.63, 3.8) is 0 Å². The summed E-state index contributed by atoms with van der Waals surface area (Å²) in [5.41, 5.74) is 1.98. The molecule has 26 heavy (non-hydrogen) atoms. The van der Waals surface area contributed by atoms with E-state index in [1.54, 1.807) is 24.3 Å². The molecule has 0 atom stereocenters. The van der Waals surface area contributed by atoms with Crippen LogP contribution in [-0.4, -0.2) is 36.4 Å². The minimum atomic E-state index is -0.297. The second-order valence-electron chi connectivity index (χ2n) is 6.29. The van der Waals surface area contributed by atoms with Crippen LogP contribution in [0.15, 0.2) is 46.9 Å². The Kier molecular flexibility index (Phi) is 5.93. The topological polar surface area (TPSA) is 58.6 Å². The van der Waals surface area contributed by atoms with Gasteiger partial charge in [-0.05, 0) is 55.7 Å². The fourth-order valence-electron chi connectivity index (χ4n) is 2.97. The molecule has 1 aliphatic heterocycles. The van der Waals surface area contributed by atoms with Crippen LogP contribution >= 0.6 is 15.9 Å². The largest absolute Gasteiger partial charge is 0.483 e.